The molecule has 0 atom stereocenters. The van der Waals surface area contributed by atoms with Gasteiger partial charge in [0.1, 0.15) is 0 Å². The molecule has 0 fully saturated rings. The van der Waals surface area contributed by atoms with Crippen LogP contribution < -0.4 is 11.1 Å². The Morgan fingerprint density at radius 1 is 0.962 bits per heavy atom. The molecule has 3 N–H and O–H groups in total. The van der Waals surface area contributed by atoms with E-state index in [1.807, 2.05) is 37.3 Å². The van der Waals surface area contributed by atoms with Crippen molar-refractivity contribution in [3.05, 3.63) is 65.2 Å². The summed E-state index contributed by atoms with van der Waals surface area (Å²) >= 11 is 0. The summed E-state index contributed by atoms with van der Waals surface area (Å²) in [4.78, 5) is 4.43. The molecule has 2 rings (SSSR count). The lowest BCUT2D eigenvalue weighted by Crippen LogP contribution is -2.22. The molecule has 5 heteroatoms. The summed E-state index contributed by atoms with van der Waals surface area (Å²) in [5, 5.41) is 3.14. The van der Waals surface area contributed by atoms with Gasteiger partial charge in [0.15, 0.2) is 5.96 Å². The van der Waals surface area contributed by atoms with E-state index in [1.165, 1.54) is 5.56 Å². The Morgan fingerprint density at radius 2 is 1.69 bits per heavy atom. The van der Waals surface area contributed by atoms with Crippen LogP contribution in [0.3, 0.4) is 0 Å². The first-order valence-corrected chi connectivity index (χ1v) is 9.10. The number of aryl methyl sites for hydroxylation is 1. The summed E-state index contributed by atoms with van der Waals surface area (Å²) in [5.74, 6) is 0.414. The zero-order chi connectivity index (χ0) is 18.6. The predicted octanol–water partition coefficient (Wildman–Crippen LogP) is 3.73. The molecule has 26 heavy (non-hydrogen) atoms. The largest absolute Gasteiger partial charge is 0.379 e. The van der Waals surface area contributed by atoms with E-state index in [2.05, 4.69) is 35.4 Å². The highest BCUT2D eigenvalue weighted by molar-refractivity contribution is 5.92. The lowest BCUT2D eigenvalue weighted by molar-refractivity contribution is 0.0453. The van der Waals surface area contributed by atoms with Crippen LogP contribution in [0.15, 0.2) is 53.5 Å². The van der Waals surface area contributed by atoms with Crippen molar-refractivity contribution in [2.45, 2.75) is 33.4 Å². The first kappa shape index (κ1) is 19.9. The third-order valence-electron chi connectivity index (χ3n) is 3.88. The fourth-order valence-electron chi connectivity index (χ4n) is 2.50. The van der Waals surface area contributed by atoms with Crippen LogP contribution in [0, 0.1) is 0 Å². The lowest BCUT2D eigenvalue weighted by Gasteiger charge is -2.08. The van der Waals surface area contributed by atoms with Crippen LogP contribution >= 0.6 is 0 Å². The molecule has 0 saturated heterocycles. The molecule has 0 aromatic heterocycles. The molecule has 0 heterocycles. The smallest absolute Gasteiger partial charge is 0.193 e. The van der Waals surface area contributed by atoms with E-state index in [0.717, 1.165) is 29.8 Å². The number of hydrogen-bond donors (Lipinski definition) is 2. The number of rotatable bonds is 10. The van der Waals surface area contributed by atoms with Gasteiger partial charge in [-0.1, -0.05) is 43.3 Å². The van der Waals surface area contributed by atoms with Crippen LogP contribution in [-0.2, 0) is 29.0 Å². The van der Waals surface area contributed by atoms with Crippen molar-refractivity contribution in [3.8, 4) is 0 Å². The first-order chi connectivity index (χ1) is 12.7. The average molecular weight is 355 g/mol. The zero-order valence-electron chi connectivity index (χ0n) is 15.7. The average Bonchev–Trinajstić information content (AvgIpc) is 2.67. The van der Waals surface area contributed by atoms with Gasteiger partial charge in [-0.15, -0.1) is 0 Å². The molecule has 0 saturated carbocycles. The Balaban J connectivity index is 1.85. The number of nitrogens with one attached hydrogen (secondary N) is 1. The number of guanidine groups is 1. The van der Waals surface area contributed by atoms with Gasteiger partial charge in [0.2, 0.25) is 0 Å². The highest BCUT2D eigenvalue weighted by Gasteiger charge is 1.99. The van der Waals surface area contributed by atoms with Gasteiger partial charge in [0.25, 0.3) is 0 Å². The van der Waals surface area contributed by atoms with Crippen molar-refractivity contribution < 1.29 is 9.47 Å². The summed E-state index contributed by atoms with van der Waals surface area (Å²) in [6.45, 7) is 7.15. The molecule has 0 radical (unpaired) electrons. The Kier molecular flexibility index (Phi) is 8.66. The number of nitrogens with zero attached hydrogens (tertiary/aromatic N) is 1. The minimum atomic E-state index is 0.414. The van der Waals surface area contributed by atoms with Crippen molar-refractivity contribution in [2.75, 3.05) is 25.1 Å². The number of hydrogen-bond acceptors (Lipinski definition) is 3. The van der Waals surface area contributed by atoms with E-state index >= 15 is 0 Å². The maximum atomic E-state index is 6.01. The summed E-state index contributed by atoms with van der Waals surface area (Å²) in [5.41, 5.74) is 10.5. The Hall–Kier alpha value is -2.37. The number of aliphatic imine (C=N–C) groups is 1. The van der Waals surface area contributed by atoms with Gasteiger partial charge in [0, 0.05) is 12.3 Å². The summed E-state index contributed by atoms with van der Waals surface area (Å²) in [6.07, 6.45) is 0.992. The highest BCUT2D eigenvalue weighted by Crippen LogP contribution is 2.11. The fourth-order valence-corrected chi connectivity index (χ4v) is 2.50. The molecule has 0 aliphatic rings. The van der Waals surface area contributed by atoms with E-state index in [9.17, 15) is 0 Å². The second-order valence-electron chi connectivity index (χ2n) is 5.95. The Labute approximate surface area is 156 Å². The second kappa shape index (κ2) is 11.3. The van der Waals surface area contributed by atoms with E-state index in [4.69, 9.17) is 15.2 Å². The van der Waals surface area contributed by atoms with Gasteiger partial charge in [-0.25, -0.2) is 4.99 Å². The van der Waals surface area contributed by atoms with E-state index in [1.54, 1.807) is 0 Å². The normalized spacial score (nSPS) is 11.5. The van der Waals surface area contributed by atoms with Crippen LogP contribution in [0.1, 0.15) is 30.5 Å². The van der Waals surface area contributed by atoms with Gasteiger partial charge < -0.3 is 20.5 Å². The van der Waals surface area contributed by atoms with Gasteiger partial charge in [0.05, 0.1) is 26.4 Å². The summed E-state index contributed by atoms with van der Waals surface area (Å²) in [6, 6.07) is 16.4. The van der Waals surface area contributed by atoms with E-state index in [-0.39, 0.29) is 0 Å². The quantitative estimate of drug-likeness (QED) is 0.387. The van der Waals surface area contributed by atoms with Crippen molar-refractivity contribution in [2.24, 2.45) is 10.7 Å². The molecule has 140 valence electrons. The van der Waals surface area contributed by atoms with E-state index in [0.29, 0.717) is 32.3 Å². The number of benzene rings is 2. The molecular formula is C21H29N3O2. The molecule has 0 aliphatic heterocycles. The second-order valence-corrected chi connectivity index (χ2v) is 5.95. The number of anilines is 1. The first-order valence-electron chi connectivity index (χ1n) is 9.10. The maximum Gasteiger partial charge on any atom is 0.193 e. The number of ether oxygens (including phenoxy) is 2. The summed E-state index contributed by atoms with van der Waals surface area (Å²) < 4.78 is 10.9. The monoisotopic (exact) mass is 355 g/mol. The Morgan fingerprint density at radius 3 is 2.50 bits per heavy atom. The third kappa shape index (κ3) is 7.25. The third-order valence-corrected chi connectivity index (χ3v) is 3.88. The van der Waals surface area contributed by atoms with E-state index < -0.39 is 0 Å². The van der Waals surface area contributed by atoms with Crippen LogP contribution in [0.2, 0.25) is 0 Å². The molecule has 2 aromatic carbocycles. The maximum absolute atomic E-state index is 6.01. The molecule has 2 aromatic rings. The summed E-state index contributed by atoms with van der Waals surface area (Å²) in [7, 11) is 0. The Bertz CT molecular complexity index is 701. The highest BCUT2D eigenvalue weighted by atomic mass is 16.5. The van der Waals surface area contributed by atoms with Gasteiger partial charge in [-0.3, -0.25) is 0 Å². The standard InChI is InChI=1S/C21H29N3O2/c1-3-17-7-6-10-20(14-17)24-21(22)23-15-18-8-5-9-19(13-18)16-26-12-11-25-4-2/h5-10,13-14H,3-4,11-12,15-16H2,1-2H3,(H3,22,23,24). The van der Waals surface area contributed by atoms with Crippen LogP contribution in [0.4, 0.5) is 5.69 Å². The van der Waals surface area contributed by atoms with Gasteiger partial charge >= 0.3 is 0 Å². The van der Waals surface area contributed by atoms with Gasteiger partial charge in [-0.2, -0.15) is 0 Å². The molecule has 0 spiro atoms. The van der Waals surface area contributed by atoms with Crippen molar-refractivity contribution >= 4 is 11.6 Å². The van der Waals surface area contributed by atoms with Crippen molar-refractivity contribution in [1.29, 1.82) is 0 Å². The van der Waals surface area contributed by atoms with Crippen LogP contribution in [-0.4, -0.2) is 25.8 Å². The minimum Gasteiger partial charge on any atom is -0.379 e. The minimum absolute atomic E-state index is 0.414. The zero-order valence-corrected chi connectivity index (χ0v) is 15.7. The van der Waals surface area contributed by atoms with Crippen molar-refractivity contribution in [1.82, 2.24) is 0 Å². The predicted molar refractivity (Wildman–Crippen MR) is 107 cm³/mol. The SMILES string of the molecule is CCOCCOCc1cccc(CN=C(N)Nc2cccc(CC)c2)c1. The van der Waals surface area contributed by atoms with Crippen LogP contribution in [0.25, 0.3) is 0 Å². The van der Waals surface area contributed by atoms with Gasteiger partial charge in [-0.05, 0) is 42.2 Å². The number of nitrogens with two attached hydrogens (primary N) is 1. The molecule has 0 aliphatic carbocycles. The lowest BCUT2D eigenvalue weighted by atomic mass is 10.1. The van der Waals surface area contributed by atoms with Crippen LogP contribution in [0.5, 0.6) is 0 Å². The molecule has 0 unspecified atom stereocenters. The van der Waals surface area contributed by atoms with Crippen molar-refractivity contribution in [3.63, 3.8) is 0 Å². The molecule has 0 bridgehead atoms. The fraction of sp³-hybridized carbons (Fsp3) is 0.381. The molecular weight excluding hydrogens is 326 g/mol. The topological polar surface area (TPSA) is 68.9 Å². The molecule has 5 nitrogen and oxygen atoms in total. The molecule has 0 amide bonds.